The number of nitrogen functional groups attached to an aromatic ring is 1. The van der Waals surface area contributed by atoms with Crippen LogP contribution in [0.5, 0.6) is 0 Å². The van der Waals surface area contributed by atoms with Gasteiger partial charge in [-0.1, -0.05) is 0 Å². The number of rotatable bonds is 10. The van der Waals surface area contributed by atoms with Crippen molar-refractivity contribution < 1.29 is 4.39 Å². The second-order valence-corrected chi connectivity index (χ2v) is 9.99. The highest BCUT2D eigenvalue weighted by molar-refractivity contribution is 5.91. The molecular weight excluding hydrogens is 469 g/mol. The van der Waals surface area contributed by atoms with Crippen LogP contribution in [0, 0.1) is 23.6 Å². The minimum absolute atomic E-state index is 0.206. The van der Waals surface area contributed by atoms with Crippen LogP contribution in [0.4, 0.5) is 16.0 Å². The first-order valence-electron chi connectivity index (χ1n) is 12.9. The van der Waals surface area contributed by atoms with Crippen molar-refractivity contribution in [1.82, 2.24) is 24.8 Å². The second kappa shape index (κ2) is 10.8. The van der Waals surface area contributed by atoms with Crippen molar-refractivity contribution in [2.75, 3.05) is 30.3 Å². The van der Waals surface area contributed by atoms with E-state index in [9.17, 15) is 4.39 Å². The second-order valence-electron chi connectivity index (χ2n) is 9.99. The van der Waals surface area contributed by atoms with Gasteiger partial charge in [-0.15, -0.1) is 0 Å². The van der Waals surface area contributed by atoms with Crippen LogP contribution < -0.4 is 16.0 Å². The van der Waals surface area contributed by atoms with Gasteiger partial charge in [0, 0.05) is 62.3 Å². The van der Waals surface area contributed by atoms with Gasteiger partial charge in [-0.3, -0.25) is 0 Å². The summed E-state index contributed by atoms with van der Waals surface area (Å²) in [6.45, 7) is 5.03. The summed E-state index contributed by atoms with van der Waals surface area (Å²) >= 11 is 0. The number of nitrogens with one attached hydrogen (secondary N) is 3. The zero-order valence-electron chi connectivity index (χ0n) is 21.1. The summed E-state index contributed by atoms with van der Waals surface area (Å²) in [5, 5.41) is 19.0. The fraction of sp³-hybridized carbons (Fsp3) is 0.444. The van der Waals surface area contributed by atoms with Gasteiger partial charge in [-0.25, -0.2) is 19.3 Å². The van der Waals surface area contributed by atoms with Gasteiger partial charge in [0.25, 0.3) is 0 Å². The van der Waals surface area contributed by atoms with Gasteiger partial charge in [-0.05, 0) is 56.4 Å². The maximum Gasteiger partial charge on any atom is 0.138 e. The number of imidazole rings is 1. The zero-order valence-corrected chi connectivity index (χ0v) is 21.1. The highest BCUT2D eigenvalue weighted by Crippen LogP contribution is 2.35. The molecule has 0 atom stereocenters. The molecule has 3 aromatic rings. The van der Waals surface area contributed by atoms with E-state index in [0.717, 1.165) is 56.1 Å². The SMILES string of the molecule is Cc1cc(-c2cn(CCNC3CC3)c(C3CCN(c4ncnc(N)c4C(C=N)C=N)CC3)n2)ccc1F. The summed E-state index contributed by atoms with van der Waals surface area (Å²) in [6.07, 6.45) is 10.2. The summed E-state index contributed by atoms with van der Waals surface area (Å²) < 4.78 is 16.1. The van der Waals surface area contributed by atoms with Gasteiger partial charge in [0.2, 0.25) is 0 Å². The smallest absolute Gasteiger partial charge is 0.138 e. The van der Waals surface area contributed by atoms with Crippen molar-refractivity contribution in [3.63, 3.8) is 0 Å². The minimum Gasteiger partial charge on any atom is -0.383 e. The fourth-order valence-electron chi connectivity index (χ4n) is 5.09. The lowest BCUT2D eigenvalue weighted by Gasteiger charge is -2.34. The summed E-state index contributed by atoms with van der Waals surface area (Å²) in [5.74, 6) is 1.59. The third-order valence-corrected chi connectivity index (χ3v) is 7.37. The van der Waals surface area contributed by atoms with Crippen LogP contribution in [0.25, 0.3) is 11.3 Å². The molecule has 194 valence electrons. The molecule has 1 aromatic carbocycles. The molecular formula is C27H34FN9. The molecule has 2 fully saturated rings. The van der Waals surface area contributed by atoms with Gasteiger partial charge in [0.15, 0.2) is 0 Å². The van der Waals surface area contributed by atoms with Crippen LogP contribution in [0.1, 0.15) is 54.5 Å². The predicted octanol–water partition coefficient (Wildman–Crippen LogP) is 3.89. The lowest BCUT2D eigenvalue weighted by molar-refractivity contribution is 0.457. The van der Waals surface area contributed by atoms with E-state index in [1.807, 2.05) is 6.07 Å². The fourth-order valence-corrected chi connectivity index (χ4v) is 5.09. The summed E-state index contributed by atoms with van der Waals surface area (Å²) in [7, 11) is 0. The first-order chi connectivity index (χ1) is 18.0. The number of aryl methyl sites for hydroxylation is 1. The van der Waals surface area contributed by atoms with Crippen LogP contribution in [-0.2, 0) is 6.54 Å². The lowest BCUT2D eigenvalue weighted by atomic mass is 9.94. The van der Waals surface area contributed by atoms with Crippen molar-refractivity contribution in [2.24, 2.45) is 0 Å². The Morgan fingerprint density at radius 3 is 2.59 bits per heavy atom. The van der Waals surface area contributed by atoms with E-state index in [4.69, 9.17) is 21.5 Å². The molecule has 0 bridgehead atoms. The number of anilines is 2. The van der Waals surface area contributed by atoms with Crippen molar-refractivity contribution in [2.45, 2.75) is 57.0 Å². The van der Waals surface area contributed by atoms with E-state index in [1.165, 1.54) is 37.7 Å². The number of aromatic nitrogens is 4. The number of hydrogen-bond acceptors (Lipinski definition) is 8. The Hall–Kier alpha value is -3.66. The van der Waals surface area contributed by atoms with Crippen molar-refractivity contribution in [3.05, 3.63) is 53.5 Å². The topological polar surface area (TPSA) is 133 Å². The molecule has 10 heteroatoms. The summed E-state index contributed by atoms with van der Waals surface area (Å²) in [5.41, 5.74) is 9.18. The Balaban J connectivity index is 1.37. The number of hydrogen-bond donors (Lipinski definition) is 4. The first-order valence-corrected chi connectivity index (χ1v) is 12.9. The first kappa shape index (κ1) is 25.0. The minimum atomic E-state index is -0.548. The van der Waals surface area contributed by atoms with Crippen LogP contribution in [0.3, 0.4) is 0 Å². The quantitative estimate of drug-likeness (QED) is 0.310. The molecule has 0 amide bonds. The van der Waals surface area contributed by atoms with Crippen LogP contribution in [0.2, 0.25) is 0 Å². The van der Waals surface area contributed by atoms with Gasteiger partial charge >= 0.3 is 0 Å². The highest BCUT2D eigenvalue weighted by Gasteiger charge is 2.29. The Bertz CT molecular complexity index is 1270. The Morgan fingerprint density at radius 2 is 1.92 bits per heavy atom. The number of benzene rings is 1. The van der Waals surface area contributed by atoms with Crippen molar-refractivity contribution in [1.29, 1.82) is 10.8 Å². The Kier molecular flexibility index (Phi) is 7.27. The molecule has 5 N–H and O–H groups in total. The van der Waals surface area contributed by atoms with Gasteiger partial charge in [-0.2, -0.15) is 0 Å². The molecule has 1 aliphatic heterocycles. The van der Waals surface area contributed by atoms with Crippen molar-refractivity contribution in [3.8, 4) is 11.3 Å². The van der Waals surface area contributed by atoms with Crippen molar-refractivity contribution >= 4 is 24.1 Å². The Labute approximate surface area is 216 Å². The number of piperidine rings is 1. The third kappa shape index (κ3) is 5.39. The average Bonchev–Trinajstić information content (AvgIpc) is 3.64. The lowest BCUT2D eigenvalue weighted by Crippen LogP contribution is -2.36. The standard InChI is InChI=1S/C27H34FN9/c1-17-12-19(2-5-22(17)28)23-15-37(11-8-32-21-3-4-21)26(35-23)18-6-9-36(10-7-18)27-24(20(13-29)14-30)25(31)33-16-34-27/h2,5,12-16,18,20-21,29-30,32H,3-4,6-11H2,1H3,(H2,31,33,34). The van der Waals surface area contributed by atoms with E-state index in [0.29, 0.717) is 28.8 Å². The molecule has 37 heavy (non-hydrogen) atoms. The molecule has 5 rings (SSSR count). The third-order valence-electron chi connectivity index (χ3n) is 7.37. The molecule has 2 aliphatic rings. The normalized spacial score (nSPS) is 17.1. The molecule has 2 aromatic heterocycles. The van der Waals surface area contributed by atoms with Gasteiger partial charge in [0.05, 0.1) is 17.2 Å². The molecule has 3 heterocycles. The monoisotopic (exact) mass is 503 g/mol. The molecule has 1 aliphatic carbocycles. The van der Waals surface area contributed by atoms with E-state index in [-0.39, 0.29) is 11.7 Å². The van der Waals surface area contributed by atoms with E-state index < -0.39 is 5.92 Å². The van der Waals surface area contributed by atoms with E-state index >= 15 is 0 Å². The molecule has 1 saturated heterocycles. The molecule has 0 radical (unpaired) electrons. The average molecular weight is 504 g/mol. The molecule has 0 unspecified atom stereocenters. The zero-order chi connectivity index (χ0) is 25.9. The van der Waals surface area contributed by atoms with Crippen LogP contribution >= 0.6 is 0 Å². The van der Waals surface area contributed by atoms with E-state index in [1.54, 1.807) is 13.0 Å². The largest absolute Gasteiger partial charge is 0.383 e. The number of nitrogens with two attached hydrogens (primary N) is 1. The summed E-state index contributed by atoms with van der Waals surface area (Å²) in [6, 6.07) is 5.82. The van der Waals surface area contributed by atoms with Crippen LogP contribution in [0.15, 0.2) is 30.7 Å². The molecule has 0 spiro atoms. The number of nitrogens with zero attached hydrogens (tertiary/aromatic N) is 5. The van der Waals surface area contributed by atoms with Crippen LogP contribution in [-0.4, -0.2) is 57.6 Å². The Morgan fingerprint density at radius 1 is 1.16 bits per heavy atom. The maximum absolute atomic E-state index is 13.9. The predicted molar refractivity (Wildman–Crippen MR) is 144 cm³/mol. The molecule has 1 saturated carbocycles. The van der Waals surface area contributed by atoms with Gasteiger partial charge < -0.3 is 31.3 Å². The summed E-state index contributed by atoms with van der Waals surface area (Å²) in [4.78, 5) is 15.8. The maximum atomic E-state index is 13.9. The number of halogens is 1. The van der Waals surface area contributed by atoms with E-state index in [2.05, 4.69) is 30.9 Å². The van der Waals surface area contributed by atoms with Gasteiger partial charge in [0.1, 0.15) is 29.6 Å². The molecule has 9 nitrogen and oxygen atoms in total. The highest BCUT2D eigenvalue weighted by atomic mass is 19.1.